The highest BCUT2D eigenvalue weighted by Crippen LogP contribution is 2.48. The monoisotopic (exact) mass is 1090 g/mol. The SMILES string of the molecule is CCN1c2cc3c(cc2C(C)=CC1(C)C)N=c1cc2c(cc1O3)=[N+](CCCC(=O)NCCCCCCNc1nc3c(N)ncnc3n1[C@@H]1O[C@H](COP(=O)(O)O)[C@@H](OP(=O)(O)O)[C@H]1O)C(C)(C)C=C2CS(=O)(=O)O. The van der Waals surface area contributed by atoms with Crippen molar-refractivity contribution in [1.29, 1.82) is 0 Å². The van der Waals surface area contributed by atoms with Gasteiger partial charge in [0.2, 0.25) is 17.2 Å². The highest BCUT2D eigenvalue weighted by Gasteiger charge is 2.50. The molecular formula is C46H63N10O15P2S+. The van der Waals surface area contributed by atoms with E-state index in [-0.39, 0.29) is 40.8 Å². The lowest BCUT2D eigenvalue weighted by Gasteiger charge is -2.43. The number of aromatic nitrogens is 4. The number of likely N-dealkylation sites (N-methyl/N-ethyl adjacent to an activating group) is 1. The summed E-state index contributed by atoms with van der Waals surface area (Å²) < 4.78 is 82.9. The molecule has 1 fully saturated rings. The summed E-state index contributed by atoms with van der Waals surface area (Å²) in [5.74, 6) is 0.452. The first-order chi connectivity index (χ1) is 34.6. The summed E-state index contributed by atoms with van der Waals surface area (Å²) in [5.41, 5.74) is 10.2. The molecule has 74 heavy (non-hydrogen) atoms. The summed E-state index contributed by atoms with van der Waals surface area (Å²) in [6.07, 6.45) is 2.02. The molecular weight excluding hydrogens is 1030 g/mol. The third kappa shape index (κ3) is 12.2. The fraction of sp³-hybridized carbons (Fsp3) is 0.522. The number of nitrogens with zero attached hydrogens (tertiary/aromatic N) is 7. The van der Waals surface area contributed by atoms with Gasteiger partial charge in [-0.05, 0) is 69.9 Å². The molecule has 6 heterocycles. The quantitative estimate of drug-likeness (QED) is 0.0220. The molecule has 4 aromatic rings. The summed E-state index contributed by atoms with van der Waals surface area (Å²) in [6.45, 7) is 13.5. The predicted octanol–water partition coefficient (Wildman–Crippen LogP) is 3.46. The van der Waals surface area contributed by atoms with Gasteiger partial charge in [-0.2, -0.15) is 8.42 Å². The highest BCUT2D eigenvalue weighted by molar-refractivity contribution is 7.86. The Bertz CT molecular complexity index is 3270. The topological polar surface area (TPSA) is 356 Å². The number of carbonyl (C=O) groups is 1. The predicted molar refractivity (Wildman–Crippen MR) is 272 cm³/mol. The molecule has 1 amide bonds. The summed E-state index contributed by atoms with van der Waals surface area (Å²) >= 11 is 0. The van der Waals surface area contributed by atoms with Crippen LogP contribution in [0.25, 0.3) is 22.3 Å². The van der Waals surface area contributed by atoms with Crippen molar-refractivity contribution in [2.75, 3.05) is 54.5 Å². The minimum atomic E-state index is -5.24. The number of benzene rings is 2. The third-order valence-electron chi connectivity index (χ3n) is 13.3. The number of anilines is 3. The van der Waals surface area contributed by atoms with E-state index in [1.54, 1.807) is 6.07 Å². The number of nitrogens with two attached hydrogens (primary N) is 1. The molecule has 4 atom stereocenters. The number of phosphoric ester groups is 2. The van der Waals surface area contributed by atoms with Crippen molar-refractivity contribution in [3.8, 4) is 11.5 Å². The molecule has 25 nitrogen and oxygen atoms in total. The van der Waals surface area contributed by atoms with Gasteiger partial charge in [-0.15, -0.1) is 0 Å². The number of hydrogen-bond acceptors (Lipinski definition) is 17. The third-order valence-corrected chi connectivity index (χ3v) is 15.0. The number of rotatable bonds is 21. The molecule has 0 unspecified atom stereocenters. The number of imidazole rings is 1. The Morgan fingerprint density at radius 3 is 2.38 bits per heavy atom. The van der Waals surface area contributed by atoms with Gasteiger partial charge in [-0.3, -0.25) is 23.0 Å². The summed E-state index contributed by atoms with van der Waals surface area (Å²) in [6, 6.07) is 7.72. The Balaban J connectivity index is 0.878. The number of fused-ring (bicyclic) bond motifs is 5. The molecule has 8 rings (SSSR count). The number of allylic oxidation sites excluding steroid dienone is 1. The highest BCUT2D eigenvalue weighted by atomic mass is 32.2. The number of amides is 1. The molecule has 4 aliphatic heterocycles. The van der Waals surface area contributed by atoms with E-state index >= 15 is 0 Å². The summed E-state index contributed by atoms with van der Waals surface area (Å²) in [5, 5.41) is 18.6. The molecule has 402 valence electrons. The van der Waals surface area contributed by atoms with E-state index in [0.717, 1.165) is 42.5 Å². The molecule has 0 aliphatic carbocycles. The zero-order chi connectivity index (χ0) is 53.7. The normalized spacial score (nSPS) is 20.9. The fourth-order valence-electron chi connectivity index (χ4n) is 10.2. The van der Waals surface area contributed by atoms with Crippen LogP contribution in [-0.4, -0.2) is 131 Å². The van der Waals surface area contributed by atoms with Crippen LogP contribution in [-0.2, 0) is 37.8 Å². The fourth-order valence-corrected chi connectivity index (χ4v) is 11.8. The summed E-state index contributed by atoms with van der Waals surface area (Å²) in [7, 11) is -14.7. The molecule has 2 aromatic carbocycles. The number of ether oxygens (including phenoxy) is 2. The number of nitrogens with one attached hydrogen (secondary N) is 2. The maximum absolute atomic E-state index is 13.1. The van der Waals surface area contributed by atoms with Crippen molar-refractivity contribution in [3.05, 3.63) is 64.6 Å². The lowest BCUT2D eigenvalue weighted by Crippen LogP contribution is -2.50. The summed E-state index contributed by atoms with van der Waals surface area (Å²) in [4.78, 5) is 70.6. The molecule has 4 aliphatic rings. The van der Waals surface area contributed by atoms with Crippen LogP contribution in [0.15, 0.2) is 47.7 Å². The smallest absolute Gasteiger partial charge is 0.452 e. The second-order valence-corrected chi connectivity index (χ2v) is 23.6. The van der Waals surface area contributed by atoms with Crippen LogP contribution in [0.2, 0.25) is 0 Å². The molecule has 0 bridgehead atoms. The Morgan fingerprint density at radius 1 is 0.959 bits per heavy atom. The Morgan fingerprint density at radius 2 is 1.69 bits per heavy atom. The second-order valence-electron chi connectivity index (χ2n) is 19.7. The molecule has 0 spiro atoms. The molecule has 0 radical (unpaired) electrons. The maximum Gasteiger partial charge on any atom is 0.470 e. The van der Waals surface area contributed by atoms with Crippen LogP contribution in [0, 0.1) is 0 Å². The molecule has 1 saturated heterocycles. The van der Waals surface area contributed by atoms with Crippen molar-refractivity contribution in [2.45, 2.75) is 116 Å². The number of nitrogen functional groups attached to an aromatic ring is 1. The zero-order valence-corrected chi connectivity index (χ0v) is 44.3. The number of unbranched alkanes of at least 4 members (excludes halogenated alkanes) is 3. The van der Waals surface area contributed by atoms with Gasteiger partial charge in [-0.25, -0.2) is 33.6 Å². The van der Waals surface area contributed by atoms with Gasteiger partial charge >= 0.3 is 15.6 Å². The van der Waals surface area contributed by atoms with E-state index in [1.165, 1.54) is 4.57 Å². The van der Waals surface area contributed by atoms with Gasteiger partial charge in [-0.1, -0.05) is 18.9 Å². The average molecular weight is 1090 g/mol. The number of phosphoric acid groups is 2. The van der Waals surface area contributed by atoms with Gasteiger partial charge < -0.3 is 55.4 Å². The van der Waals surface area contributed by atoms with Crippen LogP contribution in [0.3, 0.4) is 0 Å². The van der Waals surface area contributed by atoms with Gasteiger partial charge in [0.1, 0.15) is 48.0 Å². The first kappa shape index (κ1) is 55.0. The van der Waals surface area contributed by atoms with Gasteiger partial charge in [0.25, 0.3) is 10.1 Å². The minimum absolute atomic E-state index is 0.0169. The lowest BCUT2D eigenvalue weighted by atomic mass is 9.88. The van der Waals surface area contributed by atoms with Crippen LogP contribution >= 0.6 is 15.6 Å². The van der Waals surface area contributed by atoms with Gasteiger partial charge in [0.15, 0.2) is 40.2 Å². The van der Waals surface area contributed by atoms with Crippen LogP contribution in [0.1, 0.15) is 97.4 Å². The van der Waals surface area contributed by atoms with E-state index in [2.05, 4.69) is 73.4 Å². The first-order valence-electron chi connectivity index (χ1n) is 24.1. The largest absolute Gasteiger partial charge is 0.470 e. The van der Waals surface area contributed by atoms with Crippen molar-refractivity contribution in [2.24, 2.45) is 4.99 Å². The minimum Gasteiger partial charge on any atom is -0.452 e. The van der Waals surface area contributed by atoms with Crippen LogP contribution in [0.4, 0.5) is 23.1 Å². The zero-order valence-electron chi connectivity index (χ0n) is 41.7. The Labute approximate surface area is 426 Å². The molecule has 10 N–H and O–H groups in total. The van der Waals surface area contributed by atoms with Crippen molar-refractivity contribution < 1.29 is 70.1 Å². The standard InChI is InChI=1S/C46H62N10O15P2S/c1-7-54-32-19-34-30(17-28(32)26(2)21-45(54,3)4)52-31-18-29-27(24-74(65,66)67)22-46(5,6)55(33(29)20-35(31)69-34)16-12-13-37(57)48-14-10-8-9-11-15-49-44-53-38-41(47)50-25-51-42(38)56(44)43-39(58)40(71-73(62,63)64)36(70-43)23-68-72(59,60)61/h17-22,25,36,39-40,43,47,52,58H,7-16,23-24H2,1-6H3,(H6,48,57,59,60,61,62,63,64,65,66,67)/p+1/t36-,39-,40-,43-/m1/s1. The van der Waals surface area contributed by atoms with Crippen molar-refractivity contribution >= 4 is 77.1 Å². The van der Waals surface area contributed by atoms with E-state index in [9.17, 15) is 51.6 Å². The first-order valence-corrected chi connectivity index (χ1v) is 28.7. The lowest BCUT2D eigenvalue weighted by molar-refractivity contribution is -0.121. The van der Waals surface area contributed by atoms with Gasteiger partial charge in [0.05, 0.1) is 23.8 Å². The molecule has 0 saturated carbocycles. The van der Waals surface area contributed by atoms with Crippen molar-refractivity contribution in [3.63, 3.8) is 0 Å². The average Bonchev–Trinajstić information content (AvgIpc) is 3.80. The molecule has 2 aromatic heterocycles. The second kappa shape index (κ2) is 21.1. The van der Waals surface area contributed by atoms with Crippen LogP contribution < -0.4 is 41.3 Å². The van der Waals surface area contributed by atoms with E-state index in [1.807, 2.05) is 38.1 Å². The number of aliphatic hydroxyl groups excluding tert-OH is 1. The maximum atomic E-state index is 13.1. The van der Waals surface area contributed by atoms with Crippen molar-refractivity contribution in [1.82, 2.24) is 29.4 Å². The van der Waals surface area contributed by atoms with E-state index in [4.69, 9.17) is 24.7 Å². The van der Waals surface area contributed by atoms with Gasteiger partial charge in [0, 0.05) is 63.6 Å². The Hall–Kier alpha value is -5.21. The number of hydrogen-bond donors (Lipinski definition) is 9. The Kier molecular flexibility index (Phi) is 15.7. The number of aliphatic hydroxyl groups is 1. The van der Waals surface area contributed by atoms with Crippen LogP contribution in [0.5, 0.6) is 11.5 Å². The van der Waals surface area contributed by atoms with E-state index in [0.29, 0.717) is 77.9 Å². The molecule has 28 heteroatoms. The number of carbonyl (C=O) groups excluding carboxylic acids is 1. The van der Waals surface area contributed by atoms with E-state index < -0.39 is 68.2 Å².